The summed E-state index contributed by atoms with van der Waals surface area (Å²) in [5.74, 6) is 0. The van der Waals surface area contributed by atoms with Crippen molar-refractivity contribution in [2.24, 2.45) is 0 Å². The maximum atomic E-state index is 11.9. The molecule has 0 aliphatic heterocycles. The minimum atomic E-state index is -3.73. The molecule has 6 nitrogen and oxygen atoms in total. The molecule has 1 N–H and O–H groups in total. The van der Waals surface area contributed by atoms with Crippen molar-refractivity contribution in [3.8, 4) is 0 Å². The van der Waals surface area contributed by atoms with Crippen LogP contribution in [-0.4, -0.2) is 13.3 Å². The number of nitrogens with one attached hydrogen (secondary N) is 1. The Morgan fingerprint density at radius 2 is 1.62 bits per heavy atom. The third-order valence-electron chi connectivity index (χ3n) is 2.59. The van der Waals surface area contributed by atoms with Crippen LogP contribution in [0.4, 0.5) is 11.4 Å². The molecule has 2 rings (SSSR count). The largest absolute Gasteiger partial charge is 0.280 e. The second-order valence-corrected chi connectivity index (χ2v) is 5.70. The molecule has 0 saturated heterocycles. The number of anilines is 1. The number of rotatable bonds is 5. The normalized spacial score (nSPS) is 11.4. The summed E-state index contributed by atoms with van der Waals surface area (Å²) >= 11 is 0. The third-order valence-corrected chi connectivity index (χ3v) is 3.61. The Bertz CT molecular complexity index is 771. The van der Waals surface area contributed by atoms with Crippen molar-refractivity contribution in [2.75, 3.05) is 4.72 Å². The molecule has 0 atom stereocenters. The number of sulfonamides is 1. The molecule has 7 heteroatoms. The minimum absolute atomic E-state index is 0.149. The van der Waals surface area contributed by atoms with E-state index >= 15 is 0 Å². The topological polar surface area (TPSA) is 89.3 Å². The zero-order chi connectivity index (χ0) is 15.3. The van der Waals surface area contributed by atoms with Gasteiger partial charge in [0.2, 0.25) is 0 Å². The number of benzene rings is 2. The molecule has 0 aromatic heterocycles. The van der Waals surface area contributed by atoms with E-state index < -0.39 is 14.9 Å². The van der Waals surface area contributed by atoms with Crippen molar-refractivity contribution in [2.45, 2.75) is 0 Å². The Balaban J connectivity index is 2.23. The molecule has 2 aromatic carbocycles. The highest BCUT2D eigenvalue weighted by Crippen LogP contribution is 2.19. The predicted octanol–water partition coefficient (Wildman–Crippen LogP) is 3.01. The first-order chi connectivity index (χ1) is 9.98. The Morgan fingerprint density at radius 3 is 2.29 bits per heavy atom. The molecule has 0 fully saturated rings. The summed E-state index contributed by atoms with van der Waals surface area (Å²) in [5.41, 5.74) is 0.495. The molecule has 0 bridgehead atoms. The quantitative estimate of drug-likeness (QED) is 0.679. The van der Waals surface area contributed by atoms with Gasteiger partial charge in [-0.1, -0.05) is 30.3 Å². The molecule has 2 aromatic rings. The highest BCUT2D eigenvalue weighted by Gasteiger charge is 2.11. The fraction of sp³-hybridized carbons (Fsp3) is 0. The molecule has 0 saturated carbocycles. The number of nitrogens with zero attached hydrogens (tertiary/aromatic N) is 1. The van der Waals surface area contributed by atoms with Gasteiger partial charge in [0.05, 0.1) is 15.9 Å². The van der Waals surface area contributed by atoms with Crippen LogP contribution in [-0.2, 0) is 10.0 Å². The van der Waals surface area contributed by atoms with Crippen LogP contribution in [0.5, 0.6) is 0 Å². The summed E-state index contributed by atoms with van der Waals surface area (Å²) in [6.45, 7) is 0. The van der Waals surface area contributed by atoms with Gasteiger partial charge in [-0.3, -0.25) is 14.8 Å². The minimum Gasteiger partial charge on any atom is -0.280 e. The van der Waals surface area contributed by atoms with Gasteiger partial charge in [-0.15, -0.1) is 0 Å². The highest BCUT2D eigenvalue weighted by atomic mass is 32.2. The SMILES string of the molecule is O=[N+]([O-])c1ccccc1/C=C/S(=O)(=O)Nc1ccccc1. The first-order valence-electron chi connectivity index (χ1n) is 5.97. The molecular weight excluding hydrogens is 292 g/mol. The van der Waals surface area contributed by atoms with Gasteiger partial charge in [-0.25, -0.2) is 8.42 Å². The number of hydrogen-bond donors (Lipinski definition) is 1. The molecule has 0 heterocycles. The average molecular weight is 304 g/mol. The fourth-order valence-corrected chi connectivity index (χ4v) is 2.52. The van der Waals surface area contributed by atoms with Crippen LogP contribution in [0.25, 0.3) is 6.08 Å². The molecular formula is C14H12N2O4S. The van der Waals surface area contributed by atoms with Gasteiger partial charge in [0, 0.05) is 11.8 Å². The lowest BCUT2D eigenvalue weighted by Gasteiger charge is -2.03. The van der Waals surface area contributed by atoms with E-state index in [-0.39, 0.29) is 11.3 Å². The molecule has 21 heavy (non-hydrogen) atoms. The predicted molar refractivity (Wildman–Crippen MR) is 81.1 cm³/mol. The Labute approximate surface area is 121 Å². The van der Waals surface area contributed by atoms with Gasteiger partial charge in [0.1, 0.15) is 0 Å². The summed E-state index contributed by atoms with van der Waals surface area (Å²) in [4.78, 5) is 10.3. The van der Waals surface area contributed by atoms with Gasteiger partial charge < -0.3 is 0 Å². The molecule has 0 radical (unpaired) electrons. The molecule has 0 unspecified atom stereocenters. The lowest BCUT2D eigenvalue weighted by molar-refractivity contribution is -0.385. The van der Waals surface area contributed by atoms with Crippen LogP contribution < -0.4 is 4.72 Å². The Hall–Kier alpha value is -2.67. The number of nitro groups is 1. The fourth-order valence-electron chi connectivity index (χ4n) is 1.66. The van der Waals surface area contributed by atoms with Crippen LogP contribution in [0, 0.1) is 10.1 Å². The lowest BCUT2D eigenvalue weighted by Crippen LogP contribution is -2.08. The summed E-state index contributed by atoms with van der Waals surface area (Å²) in [6.07, 6.45) is 1.20. The number of hydrogen-bond acceptors (Lipinski definition) is 4. The van der Waals surface area contributed by atoms with Gasteiger partial charge in [0.15, 0.2) is 0 Å². The second-order valence-electron chi connectivity index (χ2n) is 4.13. The monoisotopic (exact) mass is 304 g/mol. The zero-order valence-electron chi connectivity index (χ0n) is 10.8. The molecule has 0 aliphatic carbocycles. The van der Waals surface area contributed by atoms with Crippen molar-refractivity contribution in [1.29, 1.82) is 0 Å². The number of para-hydroxylation sites is 2. The lowest BCUT2D eigenvalue weighted by atomic mass is 10.2. The standard InChI is InChI=1S/C14H12N2O4S/c17-16(18)14-9-5-4-6-12(14)10-11-21(19,20)15-13-7-2-1-3-8-13/h1-11,15H/b11-10+. The van der Waals surface area contributed by atoms with E-state index in [1.807, 2.05) is 0 Å². The van der Waals surface area contributed by atoms with Crippen molar-refractivity contribution < 1.29 is 13.3 Å². The van der Waals surface area contributed by atoms with E-state index in [0.29, 0.717) is 5.69 Å². The summed E-state index contributed by atoms with van der Waals surface area (Å²) in [5, 5.41) is 11.7. The van der Waals surface area contributed by atoms with Crippen LogP contribution in [0.15, 0.2) is 60.0 Å². The average Bonchev–Trinajstić information content (AvgIpc) is 2.46. The van der Waals surface area contributed by atoms with Crippen LogP contribution in [0.3, 0.4) is 0 Å². The summed E-state index contributed by atoms with van der Waals surface area (Å²) < 4.78 is 26.1. The van der Waals surface area contributed by atoms with Crippen LogP contribution >= 0.6 is 0 Å². The number of nitro benzene ring substituents is 1. The molecule has 108 valence electrons. The van der Waals surface area contributed by atoms with Crippen LogP contribution in [0.1, 0.15) is 5.56 Å². The summed E-state index contributed by atoms with van der Waals surface area (Å²) in [6, 6.07) is 14.3. The highest BCUT2D eigenvalue weighted by molar-refractivity contribution is 7.95. The van der Waals surface area contributed by atoms with E-state index in [2.05, 4.69) is 4.72 Å². The third kappa shape index (κ3) is 4.15. The maximum Gasteiger partial charge on any atom is 0.276 e. The maximum absolute atomic E-state index is 11.9. The molecule has 0 aliphatic rings. The van der Waals surface area contributed by atoms with Crippen molar-refractivity contribution in [3.05, 3.63) is 75.7 Å². The smallest absolute Gasteiger partial charge is 0.276 e. The van der Waals surface area contributed by atoms with Gasteiger partial charge in [-0.05, 0) is 24.3 Å². The summed E-state index contributed by atoms with van der Waals surface area (Å²) in [7, 11) is -3.73. The van der Waals surface area contributed by atoms with E-state index in [9.17, 15) is 18.5 Å². The van der Waals surface area contributed by atoms with Crippen LogP contribution in [0.2, 0.25) is 0 Å². The van der Waals surface area contributed by atoms with Gasteiger partial charge in [0.25, 0.3) is 15.7 Å². The van der Waals surface area contributed by atoms with E-state index in [1.165, 1.54) is 24.3 Å². The van der Waals surface area contributed by atoms with E-state index in [4.69, 9.17) is 0 Å². The van der Waals surface area contributed by atoms with Crippen molar-refractivity contribution in [1.82, 2.24) is 0 Å². The van der Waals surface area contributed by atoms with Gasteiger partial charge >= 0.3 is 0 Å². The Kier molecular flexibility index (Phi) is 4.34. The zero-order valence-corrected chi connectivity index (χ0v) is 11.7. The first kappa shape index (κ1) is 14.7. The molecule has 0 amide bonds. The van der Waals surface area contributed by atoms with Crippen molar-refractivity contribution >= 4 is 27.5 Å². The van der Waals surface area contributed by atoms with E-state index in [0.717, 1.165) is 5.41 Å². The van der Waals surface area contributed by atoms with Gasteiger partial charge in [-0.2, -0.15) is 0 Å². The first-order valence-corrected chi connectivity index (χ1v) is 7.52. The van der Waals surface area contributed by atoms with Crippen molar-refractivity contribution in [3.63, 3.8) is 0 Å². The molecule has 0 spiro atoms. The second kappa shape index (κ2) is 6.19. The Morgan fingerprint density at radius 1 is 1.00 bits per heavy atom. The van der Waals surface area contributed by atoms with E-state index in [1.54, 1.807) is 36.4 Å².